The van der Waals surface area contributed by atoms with Gasteiger partial charge in [0.15, 0.2) is 0 Å². The first-order chi connectivity index (χ1) is 7.87. The molecule has 0 heterocycles. The highest BCUT2D eigenvalue weighted by Crippen LogP contribution is 2.63. The van der Waals surface area contributed by atoms with Crippen molar-refractivity contribution in [1.82, 2.24) is 0 Å². The van der Waals surface area contributed by atoms with Crippen LogP contribution in [-0.2, 0) is 4.74 Å². The highest BCUT2D eigenvalue weighted by molar-refractivity contribution is 5.52. The van der Waals surface area contributed by atoms with Crippen molar-refractivity contribution < 1.29 is 4.74 Å². The molecule has 1 nitrogen and oxygen atoms in total. The van der Waals surface area contributed by atoms with E-state index in [1.54, 1.807) is 0 Å². The van der Waals surface area contributed by atoms with Crippen molar-refractivity contribution in [3.63, 3.8) is 0 Å². The highest BCUT2D eigenvalue weighted by Gasteiger charge is 2.65. The molecule has 3 rings (SSSR count). The van der Waals surface area contributed by atoms with E-state index in [0.717, 1.165) is 11.8 Å². The molecule has 84 valence electrons. The summed E-state index contributed by atoms with van der Waals surface area (Å²) in [6.07, 6.45) is 8.58. The fraction of sp³-hybridized carbons (Fsp3) is 0.467. The number of fused-ring (bicyclic) bond motifs is 1. The van der Waals surface area contributed by atoms with Crippen LogP contribution >= 0.6 is 0 Å². The van der Waals surface area contributed by atoms with Gasteiger partial charge in [-0.25, -0.2) is 0 Å². The Kier molecular flexibility index (Phi) is 2.36. The Morgan fingerprint density at radius 2 is 1.88 bits per heavy atom. The summed E-state index contributed by atoms with van der Waals surface area (Å²) in [5.74, 6) is 1.58. The van der Waals surface area contributed by atoms with Crippen molar-refractivity contribution >= 4 is 6.08 Å². The third-order valence-electron chi connectivity index (χ3n) is 4.26. The minimum atomic E-state index is 0.0775. The fourth-order valence-corrected chi connectivity index (χ4v) is 3.35. The highest BCUT2D eigenvalue weighted by atomic mass is 16.5. The van der Waals surface area contributed by atoms with Crippen LogP contribution in [0.15, 0.2) is 36.4 Å². The summed E-state index contributed by atoms with van der Waals surface area (Å²) >= 11 is 0. The molecule has 1 aromatic carbocycles. The quantitative estimate of drug-likeness (QED) is 0.748. The molecular formula is C15H18O. The molecule has 2 aliphatic carbocycles. The van der Waals surface area contributed by atoms with Gasteiger partial charge in [0.05, 0.1) is 5.60 Å². The first kappa shape index (κ1) is 10.1. The van der Waals surface area contributed by atoms with Gasteiger partial charge in [-0.15, -0.1) is 0 Å². The molecule has 1 aromatic rings. The maximum absolute atomic E-state index is 5.75. The minimum Gasteiger partial charge on any atom is -0.374 e. The maximum atomic E-state index is 5.75. The van der Waals surface area contributed by atoms with Crippen LogP contribution < -0.4 is 0 Å². The smallest absolute Gasteiger partial charge is 0.0925 e. The first-order valence-electron chi connectivity index (χ1n) is 6.16. The summed E-state index contributed by atoms with van der Waals surface area (Å²) in [4.78, 5) is 0. The molecule has 2 aliphatic rings. The van der Waals surface area contributed by atoms with Gasteiger partial charge in [-0.1, -0.05) is 48.9 Å². The second kappa shape index (κ2) is 3.74. The van der Waals surface area contributed by atoms with Gasteiger partial charge in [0.1, 0.15) is 0 Å². The SMILES string of the molecule is COC1(/C=C/c2ccccc2)[C@@H]2CCC[C@@H]21. The van der Waals surface area contributed by atoms with Crippen LogP contribution in [0.3, 0.4) is 0 Å². The van der Waals surface area contributed by atoms with Gasteiger partial charge in [-0.05, 0) is 30.2 Å². The van der Waals surface area contributed by atoms with Crippen LogP contribution in [0.25, 0.3) is 6.08 Å². The van der Waals surface area contributed by atoms with Gasteiger partial charge >= 0.3 is 0 Å². The number of rotatable bonds is 3. The second-order valence-electron chi connectivity index (χ2n) is 4.95. The molecule has 1 heteroatoms. The molecule has 1 unspecified atom stereocenters. The van der Waals surface area contributed by atoms with Gasteiger partial charge in [0, 0.05) is 7.11 Å². The first-order valence-corrected chi connectivity index (χ1v) is 6.16. The Hall–Kier alpha value is -1.08. The lowest BCUT2D eigenvalue weighted by atomic mass is 10.1. The largest absolute Gasteiger partial charge is 0.374 e. The third-order valence-corrected chi connectivity index (χ3v) is 4.26. The lowest BCUT2D eigenvalue weighted by Crippen LogP contribution is -2.15. The number of hydrogen-bond donors (Lipinski definition) is 0. The van der Waals surface area contributed by atoms with E-state index in [1.807, 2.05) is 7.11 Å². The van der Waals surface area contributed by atoms with E-state index in [1.165, 1.54) is 24.8 Å². The average Bonchev–Trinajstić information content (AvgIpc) is 2.72. The molecule has 0 aromatic heterocycles. The van der Waals surface area contributed by atoms with Crippen molar-refractivity contribution in [2.75, 3.05) is 7.11 Å². The summed E-state index contributed by atoms with van der Waals surface area (Å²) in [7, 11) is 1.85. The number of hydrogen-bond acceptors (Lipinski definition) is 1. The topological polar surface area (TPSA) is 9.23 Å². The second-order valence-corrected chi connectivity index (χ2v) is 4.95. The van der Waals surface area contributed by atoms with E-state index in [2.05, 4.69) is 42.5 Å². The van der Waals surface area contributed by atoms with Gasteiger partial charge < -0.3 is 4.74 Å². The van der Waals surface area contributed by atoms with Crippen molar-refractivity contribution in [2.24, 2.45) is 11.8 Å². The van der Waals surface area contributed by atoms with Gasteiger partial charge in [-0.2, -0.15) is 0 Å². The Morgan fingerprint density at radius 1 is 1.19 bits per heavy atom. The average molecular weight is 214 g/mol. The van der Waals surface area contributed by atoms with Crippen LogP contribution in [0.1, 0.15) is 24.8 Å². The molecule has 2 saturated carbocycles. The van der Waals surface area contributed by atoms with Crippen molar-refractivity contribution in [2.45, 2.75) is 24.9 Å². The number of ether oxygens (including phenoxy) is 1. The lowest BCUT2D eigenvalue weighted by Gasteiger charge is -2.14. The zero-order chi connectivity index (χ0) is 11.0. The Morgan fingerprint density at radius 3 is 2.50 bits per heavy atom. The normalized spacial score (nSPS) is 36.6. The molecule has 3 atom stereocenters. The van der Waals surface area contributed by atoms with E-state index >= 15 is 0 Å². The standard InChI is InChI=1S/C15H18O/c1-16-15(13-8-5-9-14(13)15)11-10-12-6-3-2-4-7-12/h2-4,6-7,10-11,13-14H,5,8-9H2,1H3/b11-10+/t13-,14+,15?. The molecule has 0 bridgehead atoms. The molecule has 0 spiro atoms. The summed E-state index contributed by atoms with van der Waals surface area (Å²) < 4.78 is 5.75. The Bertz CT molecular complexity index is 383. The summed E-state index contributed by atoms with van der Waals surface area (Å²) in [5.41, 5.74) is 1.34. The number of methoxy groups -OCH3 is 1. The predicted octanol–water partition coefficient (Wildman–Crippen LogP) is 3.51. The van der Waals surface area contributed by atoms with Gasteiger partial charge in [0.25, 0.3) is 0 Å². The molecule has 0 radical (unpaired) electrons. The van der Waals surface area contributed by atoms with Crippen molar-refractivity contribution in [3.05, 3.63) is 42.0 Å². The predicted molar refractivity (Wildman–Crippen MR) is 66.0 cm³/mol. The monoisotopic (exact) mass is 214 g/mol. The van der Waals surface area contributed by atoms with Gasteiger partial charge in [-0.3, -0.25) is 0 Å². The third kappa shape index (κ3) is 1.42. The Labute approximate surface area is 97.1 Å². The molecule has 16 heavy (non-hydrogen) atoms. The van der Waals surface area contributed by atoms with Crippen LogP contribution in [0, 0.1) is 11.8 Å². The molecular weight excluding hydrogens is 196 g/mol. The van der Waals surface area contributed by atoms with Crippen LogP contribution in [-0.4, -0.2) is 12.7 Å². The van der Waals surface area contributed by atoms with Gasteiger partial charge in [0.2, 0.25) is 0 Å². The maximum Gasteiger partial charge on any atom is 0.0925 e. The van der Waals surface area contributed by atoms with Crippen molar-refractivity contribution in [1.29, 1.82) is 0 Å². The molecule has 0 saturated heterocycles. The summed E-state index contributed by atoms with van der Waals surface area (Å²) in [5, 5.41) is 0. The van der Waals surface area contributed by atoms with E-state index in [4.69, 9.17) is 4.74 Å². The van der Waals surface area contributed by atoms with Crippen LogP contribution in [0.4, 0.5) is 0 Å². The van der Waals surface area contributed by atoms with Crippen molar-refractivity contribution in [3.8, 4) is 0 Å². The Balaban J connectivity index is 1.77. The lowest BCUT2D eigenvalue weighted by molar-refractivity contribution is 0.0876. The van der Waals surface area contributed by atoms with E-state index in [0.29, 0.717) is 0 Å². The fourth-order valence-electron chi connectivity index (χ4n) is 3.35. The van der Waals surface area contributed by atoms with E-state index in [9.17, 15) is 0 Å². The summed E-state index contributed by atoms with van der Waals surface area (Å²) in [6.45, 7) is 0. The van der Waals surface area contributed by atoms with E-state index in [-0.39, 0.29) is 5.60 Å². The molecule has 2 fully saturated rings. The molecule has 0 amide bonds. The van der Waals surface area contributed by atoms with E-state index < -0.39 is 0 Å². The number of benzene rings is 1. The zero-order valence-electron chi connectivity index (χ0n) is 9.73. The van der Waals surface area contributed by atoms with Crippen LogP contribution in [0.5, 0.6) is 0 Å². The summed E-state index contributed by atoms with van der Waals surface area (Å²) in [6, 6.07) is 10.5. The van der Waals surface area contributed by atoms with Crippen LogP contribution in [0.2, 0.25) is 0 Å². The molecule has 0 aliphatic heterocycles. The minimum absolute atomic E-state index is 0.0775. The zero-order valence-corrected chi connectivity index (χ0v) is 9.73. The molecule has 0 N–H and O–H groups in total.